The molecule has 0 atom stereocenters. The smallest absolute Gasteiger partial charge is 0.211 e. The van der Waals surface area contributed by atoms with E-state index in [0.717, 1.165) is 5.56 Å². The SMILES string of the molecule is CN(/C=C/C=C1\C(=O)c2ccccc2S1(=O)=O)Cc1ccccc1. The van der Waals surface area contributed by atoms with Crippen LogP contribution in [0.15, 0.2) is 82.7 Å². The maximum Gasteiger partial charge on any atom is 0.211 e. The van der Waals surface area contributed by atoms with E-state index in [2.05, 4.69) is 0 Å². The minimum absolute atomic E-state index is 0.0901. The molecule has 1 heterocycles. The molecule has 3 rings (SSSR count). The molecular weight excluding hydrogens is 322 g/mol. The second kappa shape index (κ2) is 6.45. The molecule has 122 valence electrons. The van der Waals surface area contributed by atoms with E-state index in [1.807, 2.05) is 42.3 Å². The molecule has 0 saturated carbocycles. The molecule has 1 aliphatic heterocycles. The largest absolute Gasteiger partial charge is 0.376 e. The lowest BCUT2D eigenvalue weighted by Crippen LogP contribution is -2.09. The molecule has 0 aliphatic carbocycles. The monoisotopic (exact) mass is 339 g/mol. The maximum atomic E-state index is 12.4. The van der Waals surface area contributed by atoms with Crippen molar-refractivity contribution in [2.24, 2.45) is 0 Å². The average molecular weight is 339 g/mol. The standard InChI is InChI=1S/C19H17NO3S/c1-20(14-15-8-3-2-4-9-15)13-7-12-18-19(21)16-10-5-6-11-17(16)24(18,22)23/h2-13H,14H2,1H3/b13-7+,18-12+. The zero-order chi connectivity index (χ0) is 17.2. The molecule has 0 fully saturated rings. The fourth-order valence-electron chi connectivity index (χ4n) is 2.63. The first-order chi connectivity index (χ1) is 11.5. The first kappa shape index (κ1) is 16.2. The maximum absolute atomic E-state index is 12.4. The van der Waals surface area contributed by atoms with Crippen molar-refractivity contribution < 1.29 is 13.2 Å². The summed E-state index contributed by atoms with van der Waals surface area (Å²) in [6, 6.07) is 16.2. The van der Waals surface area contributed by atoms with Gasteiger partial charge in [0, 0.05) is 19.2 Å². The molecule has 0 aromatic heterocycles. The minimum atomic E-state index is -3.71. The number of fused-ring (bicyclic) bond motifs is 1. The van der Waals surface area contributed by atoms with E-state index < -0.39 is 15.6 Å². The summed E-state index contributed by atoms with van der Waals surface area (Å²) in [6.45, 7) is 0.696. The number of benzene rings is 2. The van der Waals surface area contributed by atoms with E-state index >= 15 is 0 Å². The van der Waals surface area contributed by atoms with Gasteiger partial charge in [-0.15, -0.1) is 0 Å². The van der Waals surface area contributed by atoms with E-state index in [0.29, 0.717) is 6.54 Å². The molecule has 0 amide bonds. The molecule has 0 unspecified atom stereocenters. The average Bonchev–Trinajstić information content (AvgIpc) is 2.77. The number of nitrogens with zero attached hydrogens (tertiary/aromatic N) is 1. The lowest BCUT2D eigenvalue weighted by atomic mass is 10.1. The number of Topliss-reactive ketones (excluding diaryl/α,β-unsaturated/α-hetero) is 1. The van der Waals surface area contributed by atoms with Crippen LogP contribution in [0.3, 0.4) is 0 Å². The molecule has 0 saturated heterocycles. The third-order valence-corrected chi connectivity index (χ3v) is 5.63. The zero-order valence-electron chi connectivity index (χ0n) is 13.2. The second-order valence-corrected chi connectivity index (χ2v) is 7.49. The number of ketones is 1. The Bertz CT molecular complexity index is 928. The van der Waals surface area contributed by atoms with Crippen LogP contribution < -0.4 is 0 Å². The summed E-state index contributed by atoms with van der Waals surface area (Å²) in [5.41, 5.74) is 1.39. The first-order valence-corrected chi connectivity index (χ1v) is 9.00. The number of carbonyl (C=O) groups is 1. The van der Waals surface area contributed by atoms with Crippen molar-refractivity contribution in [3.63, 3.8) is 0 Å². The van der Waals surface area contributed by atoms with Gasteiger partial charge in [-0.1, -0.05) is 42.5 Å². The van der Waals surface area contributed by atoms with Gasteiger partial charge in [0.25, 0.3) is 0 Å². The summed E-state index contributed by atoms with van der Waals surface area (Å²) in [5.74, 6) is -0.444. The van der Waals surface area contributed by atoms with Gasteiger partial charge in [-0.3, -0.25) is 4.79 Å². The van der Waals surface area contributed by atoms with Crippen LogP contribution in [-0.4, -0.2) is 26.1 Å². The Morgan fingerprint density at radius 2 is 1.67 bits per heavy atom. The quantitative estimate of drug-likeness (QED) is 0.803. The van der Waals surface area contributed by atoms with Crippen LogP contribution in [0, 0.1) is 0 Å². The lowest BCUT2D eigenvalue weighted by Gasteiger charge is -2.13. The fourth-order valence-corrected chi connectivity index (χ4v) is 4.19. The summed E-state index contributed by atoms with van der Waals surface area (Å²) in [4.78, 5) is 14.1. The molecular formula is C19H17NO3S. The molecule has 4 nitrogen and oxygen atoms in total. The number of allylic oxidation sites excluding steroid dienone is 3. The highest BCUT2D eigenvalue weighted by Gasteiger charge is 2.38. The van der Waals surface area contributed by atoms with Crippen LogP contribution in [0.2, 0.25) is 0 Å². The summed E-state index contributed by atoms with van der Waals surface area (Å²) < 4.78 is 24.8. The van der Waals surface area contributed by atoms with E-state index in [9.17, 15) is 13.2 Å². The van der Waals surface area contributed by atoms with Gasteiger partial charge < -0.3 is 4.90 Å². The Labute approximate surface area is 141 Å². The molecule has 5 heteroatoms. The van der Waals surface area contributed by atoms with Crippen molar-refractivity contribution in [2.75, 3.05) is 7.05 Å². The van der Waals surface area contributed by atoms with Crippen LogP contribution in [0.4, 0.5) is 0 Å². The van der Waals surface area contributed by atoms with Crippen LogP contribution in [0.25, 0.3) is 0 Å². The Morgan fingerprint density at radius 3 is 2.38 bits per heavy atom. The van der Waals surface area contributed by atoms with E-state index in [4.69, 9.17) is 0 Å². The van der Waals surface area contributed by atoms with Gasteiger partial charge in [-0.2, -0.15) is 0 Å². The zero-order valence-corrected chi connectivity index (χ0v) is 14.0. The van der Waals surface area contributed by atoms with Crippen LogP contribution >= 0.6 is 0 Å². The Hall–Kier alpha value is -2.66. The van der Waals surface area contributed by atoms with E-state index in [1.165, 1.54) is 12.1 Å². The molecule has 0 spiro atoms. The molecule has 24 heavy (non-hydrogen) atoms. The summed E-state index contributed by atoms with van der Waals surface area (Å²) >= 11 is 0. The number of sulfone groups is 1. The number of hydrogen-bond donors (Lipinski definition) is 0. The Morgan fingerprint density at radius 1 is 1.00 bits per heavy atom. The summed E-state index contributed by atoms with van der Waals surface area (Å²) in [6.07, 6.45) is 4.73. The van der Waals surface area contributed by atoms with E-state index in [1.54, 1.807) is 30.5 Å². The molecule has 0 radical (unpaired) electrons. The highest BCUT2D eigenvalue weighted by Crippen LogP contribution is 2.33. The number of rotatable bonds is 4. The van der Waals surface area contributed by atoms with Gasteiger partial charge in [0.15, 0.2) is 0 Å². The van der Waals surface area contributed by atoms with Gasteiger partial charge in [-0.05, 0) is 36.0 Å². The first-order valence-electron chi connectivity index (χ1n) is 7.51. The van der Waals surface area contributed by atoms with E-state index in [-0.39, 0.29) is 15.4 Å². The van der Waals surface area contributed by atoms with Crippen molar-refractivity contribution in [2.45, 2.75) is 11.4 Å². The van der Waals surface area contributed by atoms with Crippen molar-refractivity contribution in [3.8, 4) is 0 Å². The summed E-state index contributed by atoms with van der Waals surface area (Å²) in [7, 11) is -1.82. The highest BCUT2D eigenvalue weighted by molar-refractivity contribution is 7.97. The molecule has 1 aliphatic rings. The summed E-state index contributed by atoms with van der Waals surface area (Å²) in [5, 5.41) is 0. The second-order valence-electron chi connectivity index (χ2n) is 5.60. The predicted molar refractivity (Wildman–Crippen MR) is 93.1 cm³/mol. The fraction of sp³-hybridized carbons (Fsp3) is 0.105. The minimum Gasteiger partial charge on any atom is -0.376 e. The molecule has 0 bridgehead atoms. The van der Waals surface area contributed by atoms with Crippen molar-refractivity contribution in [3.05, 3.63) is 89.0 Å². The van der Waals surface area contributed by atoms with Crippen molar-refractivity contribution >= 4 is 15.6 Å². The van der Waals surface area contributed by atoms with Crippen molar-refractivity contribution in [1.82, 2.24) is 4.90 Å². The molecule has 0 N–H and O–H groups in total. The van der Waals surface area contributed by atoms with Crippen LogP contribution in [0.1, 0.15) is 15.9 Å². The topological polar surface area (TPSA) is 54.5 Å². The lowest BCUT2D eigenvalue weighted by molar-refractivity contribution is 0.104. The third-order valence-electron chi connectivity index (χ3n) is 3.80. The van der Waals surface area contributed by atoms with Crippen LogP contribution in [0.5, 0.6) is 0 Å². The normalized spacial score (nSPS) is 17.4. The predicted octanol–water partition coefficient (Wildman–Crippen LogP) is 3.19. The van der Waals surface area contributed by atoms with Gasteiger partial charge >= 0.3 is 0 Å². The van der Waals surface area contributed by atoms with Gasteiger partial charge in [0.05, 0.1) is 4.90 Å². The van der Waals surface area contributed by atoms with Crippen molar-refractivity contribution in [1.29, 1.82) is 0 Å². The Kier molecular flexibility index (Phi) is 4.36. The number of carbonyl (C=O) groups excluding carboxylic acids is 1. The molecule has 2 aromatic carbocycles. The molecule has 2 aromatic rings. The Balaban J connectivity index is 1.79. The number of hydrogen-bond acceptors (Lipinski definition) is 4. The highest BCUT2D eigenvalue weighted by atomic mass is 32.2. The van der Waals surface area contributed by atoms with Gasteiger partial charge in [0.2, 0.25) is 15.6 Å². The van der Waals surface area contributed by atoms with Gasteiger partial charge in [-0.25, -0.2) is 8.42 Å². The van der Waals surface area contributed by atoms with Gasteiger partial charge in [0.1, 0.15) is 4.91 Å². The van der Waals surface area contributed by atoms with Crippen LogP contribution in [-0.2, 0) is 16.4 Å². The third kappa shape index (κ3) is 3.03.